The molecule has 2 N–H and O–H groups in total. The third kappa shape index (κ3) is 3.01. The van der Waals surface area contributed by atoms with Crippen molar-refractivity contribution < 1.29 is 9.90 Å². The van der Waals surface area contributed by atoms with Gasteiger partial charge in [-0.15, -0.1) is 0 Å². The lowest BCUT2D eigenvalue weighted by atomic mass is 10.0. The smallest absolute Gasteiger partial charge is 0.252 e. The van der Waals surface area contributed by atoms with Gasteiger partial charge in [-0.25, -0.2) is 4.68 Å². The second-order valence-corrected chi connectivity index (χ2v) is 6.32. The molecule has 1 amide bonds. The summed E-state index contributed by atoms with van der Waals surface area (Å²) < 4.78 is 1.89. The molecule has 0 saturated heterocycles. The Morgan fingerprint density at radius 2 is 1.91 bits per heavy atom. The molecule has 23 heavy (non-hydrogen) atoms. The van der Waals surface area contributed by atoms with Crippen LogP contribution in [0, 0.1) is 13.8 Å². The van der Waals surface area contributed by atoms with Crippen LogP contribution in [0.15, 0.2) is 30.3 Å². The third-order valence-electron chi connectivity index (χ3n) is 4.72. The molecule has 0 atom stereocenters. The molecule has 1 aliphatic rings. The van der Waals surface area contributed by atoms with Crippen molar-refractivity contribution in [3.05, 3.63) is 47.3 Å². The van der Waals surface area contributed by atoms with Crippen LogP contribution >= 0.6 is 0 Å². The van der Waals surface area contributed by atoms with E-state index in [1.54, 1.807) is 0 Å². The van der Waals surface area contributed by atoms with Crippen LogP contribution in [0.2, 0.25) is 0 Å². The number of amides is 1. The Balaban J connectivity index is 1.76. The van der Waals surface area contributed by atoms with Crippen LogP contribution in [0.25, 0.3) is 5.69 Å². The van der Waals surface area contributed by atoms with Gasteiger partial charge >= 0.3 is 0 Å². The molecule has 122 valence electrons. The van der Waals surface area contributed by atoms with E-state index in [9.17, 15) is 9.90 Å². The molecule has 0 unspecified atom stereocenters. The average molecular weight is 313 g/mol. The number of carbonyl (C=O) groups excluding carboxylic acids is 1. The number of carbonyl (C=O) groups is 1. The second-order valence-electron chi connectivity index (χ2n) is 6.32. The van der Waals surface area contributed by atoms with Gasteiger partial charge in [-0.1, -0.05) is 18.2 Å². The van der Waals surface area contributed by atoms with E-state index in [4.69, 9.17) is 0 Å². The van der Waals surface area contributed by atoms with Crippen molar-refractivity contribution in [2.75, 3.05) is 0 Å². The number of nitrogens with one attached hydrogen (secondary N) is 1. The van der Waals surface area contributed by atoms with Crippen molar-refractivity contribution in [3.63, 3.8) is 0 Å². The Kier molecular flexibility index (Phi) is 4.22. The minimum atomic E-state index is -1.18. The van der Waals surface area contributed by atoms with E-state index in [2.05, 4.69) is 10.4 Å². The number of hydrogen-bond acceptors (Lipinski definition) is 3. The van der Waals surface area contributed by atoms with Crippen LogP contribution in [-0.2, 0) is 11.3 Å². The highest BCUT2D eigenvalue weighted by molar-refractivity contribution is 5.85. The molecule has 1 aromatic heterocycles. The molecule has 0 radical (unpaired) electrons. The van der Waals surface area contributed by atoms with Crippen LogP contribution in [0.4, 0.5) is 0 Å². The Labute approximate surface area is 136 Å². The van der Waals surface area contributed by atoms with Crippen LogP contribution in [-0.4, -0.2) is 26.4 Å². The summed E-state index contributed by atoms with van der Waals surface area (Å²) in [7, 11) is 0. The highest BCUT2D eigenvalue weighted by Gasteiger charge is 2.38. The van der Waals surface area contributed by atoms with Gasteiger partial charge in [0, 0.05) is 17.8 Å². The number of hydrogen-bond donors (Lipinski definition) is 2. The lowest BCUT2D eigenvalue weighted by molar-refractivity contribution is -0.139. The number of nitrogens with zero attached hydrogens (tertiary/aromatic N) is 2. The molecule has 5 nitrogen and oxygen atoms in total. The summed E-state index contributed by atoms with van der Waals surface area (Å²) >= 11 is 0. The minimum absolute atomic E-state index is 0.263. The number of benzene rings is 1. The van der Waals surface area contributed by atoms with Gasteiger partial charge in [0.1, 0.15) is 5.60 Å². The molecule has 1 saturated carbocycles. The summed E-state index contributed by atoms with van der Waals surface area (Å²) in [4.78, 5) is 12.3. The minimum Gasteiger partial charge on any atom is -0.380 e. The first-order valence-corrected chi connectivity index (χ1v) is 8.12. The topological polar surface area (TPSA) is 67.2 Å². The molecule has 1 aromatic carbocycles. The fourth-order valence-electron chi connectivity index (χ4n) is 3.27. The second kappa shape index (κ2) is 6.16. The fraction of sp³-hybridized carbons (Fsp3) is 0.444. The van der Waals surface area contributed by atoms with Crippen molar-refractivity contribution >= 4 is 5.91 Å². The van der Waals surface area contributed by atoms with Crippen LogP contribution < -0.4 is 5.32 Å². The summed E-state index contributed by atoms with van der Waals surface area (Å²) in [5.74, 6) is -0.263. The Bertz CT molecular complexity index is 701. The molecular weight excluding hydrogens is 290 g/mol. The summed E-state index contributed by atoms with van der Waals surface area (Å²) in [5.41, 5.74) is 2.72. The zero-order valence-electron chi connectivity index (χ0n) is 13.7. The van der Waals surface area contributed by atoms with E-state index >= 15 is 0 Å². The monoisotopic (exact) mass is 313 g/mol. The van der Waals surface area contributed by atoms with Crippen molar-refractivity contribution in [2.45, 2.75) is 51.7 Å². The molecule has 2 aromatic rings. The van der Waals surface area contributed by atoms with E-state index in [1.165, 1.54) is 0 Å². The zero-order valence-corrected chi connectivity index (χ0v) is 13.7. The summed E-state index contributed by atoms with van der Waals surface area (Å²) in [6, 6.07) is 9.93. The maximum atomic E-state index is 12.3. The maximum absolute atomic E-state index is 12.3. The van der Waals surface area contributed by atoms with Crippen LogP contribution in [0.5, 0.6) is 0 Å². The SMILES string of the molecule is Cc1nn(-c2ccccc2)c(C)c1CNC(=O)C1(O)CCCC1. The largest absolute Gasteiger partial charge is 0.380 e. The first kappa shape index (κ1) is 15.7. The van der Waals surface area contributed by atoms with Gasteiger partial charge in [0.05, 0.1) is 11.4 Å². The normalized spacial score (nSPS) is 16.5. The van der Waals surface area contributed by atoms with Crippen molar-refractivity contribution in [3.8, 4) is 5.69 Å². The van der Waals surface area contributed by atoms with Crippen LogP contribution in [0.3, 0.4) is 0 Å². The number of aromatic nitrogens is 2. The van der Waals surface area contributed by atoms with E-state index < -0.39 is 5.60 Å². The van der Waals surface area contributed by atoms with Gasteiger partial charge in [0.2, 0.25) is 0 Å². The molecule has 1 fully saturated rings. The van der Waals surface area contributed by atoms with Crippen LogP contribution in [0.1, 0.15) is 42.6 Å². The lowest BCUT2D eigenvalue weighted by Gasteiger charge is -2.21. The highest BCUT2D eigenvalue weighted by Crippen LogP contribution is 2.29. The summed E-state index contributed by atoms with van der Waals surface area (Å²) in [6.07, 6.45) is 2.93. The number of rotatable bonds is 4. The first-order chi connectivity index (χ1) is 11.0. The Hall–Kier alpha value is -2.14. The van der Waals surface area contributed by atoms with Gasteiger partial charge < -0.3 is 10.4 Å². The Morgan fingerprint density at radius 3 is 2.57 bits per heavy atom. The predicted molar refractivity (Wildman–Crippen MR) is 88.3 cm³/mol. The number of aryl methyl sites for hydroxylation is 1. The zero-order chi connectivity index (χ0) is 16.4. The molecule has 0 aliphatic heterocycles. The van der Waals surface area contributed by atoms with E-state index in [0.717, 1.165) is 35.5 Å². The number of aliphatic hydroxyl groups is 1. The molecule has 0 bridgehead atoms. The molecule has 1 heterocycles. The maximum Gasteiger partial charge on any atom is 0.252 e. The third-order valence-corrected chi connectivity index (χ3v) is 4.72. The Morgan fingerprint density at radius 1 is 1.26 bits per heavy atom. The predicted octanol–water partition coefficient (Wildman–Crippen LogP) is 2.41. The molecular formula is C18H23N3O2. The average Bonchev–Trinajstić information content (AvgIpc) is 3.11. The van der Waals surface area contributed by atoms with E-state index in [1.807, 2.05) is 48.9 Å². The fourth-order valence-corrected chi connectivity index (χ4v) is 3.27. The first-order valence-electron chi connectivity index (χ1n) is 8.12. The summed E-state index contributed by atoms with van der Waals surface area (Å²) in [6.45, 7) is 4.34. The molecule has 0 spiro atoms. The van der Waals surface area contributed by atoms with Crippen molar-refractivity contribution in [1.29, 1.82) is 0 Å². The van der Waals surface area contributed by atoms with Crippen molar-refractivity contribution in [2.24, 2.45) is 0 Å². The van der Waals surface area contributed by atoms with Gasteiger partial charge in [0.15, 0.2) is 0 Å². The summed E-state index contributed by atoms with van der Waals surface area (Å²) in [5, 5.41) is 17.8. The number of para-hydroxylation sites is 1. The quantitative estimate of drug-likeness (QED) is 0.911. The van der Waals surface area contributed by atoms with Gasteiger partial charge in [-0.2, -0.15) is 5.10 Å². The molecule has 5 heteroatoms. The molecule has 3 rings (SSSR count). The van der Waals surface area contributed by atoms with Gasteiger partial charge in [0.25, 0.3) is 5.91 Å². The standard InChI is InChI=1S/C18H23N3O2/c1-13-16(12-19-17(22)18(23)10-6-7-11-18)14(2)21(20-13)15-8-4-3-5-9-15/h3-5,8-9,23H,6-7,10-12H2,1-2H3,(H,19,22). The van der Waals surface area contributed by atoms with E-state index in [0.29, 0.717) is 19.4 Å². The lowest BCUT2D eigenvalue weighted by Crippen LogP contribution is -2.44. The van der Waals surface area contributed by atoms with E-state index in [-0.39, 0.29) is 5.91 Å². The van der Waals surface area contributed by atoms with Gasteiger partial charge in [-0.3, -0.25) is 4.79 Å². The molecule has 1 aliphatic carbocycles. The van der Waals surface area contributed by atoms with Crippen molar-refractivity contribution in [1.82, 2.24) is 15.1 Å². The van der Waals surface area contributed by atoms with Gasteiger partial charge in [-0.05, 0) is 51.7 Å². The highest BCUT2D eigenvalue weighted by atomic mass is 16.3.